The second-order valence-electron chi connectivity index (χ2n) is 8.35. The van der Waals surface area contributed by atoms with Gasteiger partial charge in [-0.2, -0.15) is 36.3 Å². The Labute approximate surface area is 189 Å². The molecule has 10 heteroatoms. The van der Waals surface area contributed by atoms with Crippen molar-refractivity contribution in [3.05, 3.63) is 94.8 Å². The van der Waals surface area contributed by atoms with Crippen molar-refractivity contribution in [3.8, 4) is 22.5 Å². The molecule has 0 fully saturated rings. The molecule has 0 spiro atoms. The van der Waals surface area contributed by atoms with E-state index >= 15 is 8.78 Å². The summed E-state index contributed by atoms with van der Waals surface area (Å²) in [7, 11) is 0. The van der Waals surface area contributed by atoms with Crippen LogP contribution in [0.15, 0.2) is 48.5 Å². The van der Waals surface area contributed by atoms with E-state index in [0.717, 1.165) is 0 Å². The number of hydrogen-bond donors (Lipinski definition) is 0. The minimum Gasteiger partial charge on any atom is -0.252 e. The van der Waals surface area contributed by atoms with Gasteiger partial charge in [-0.1, -0.05) is 12.1 Å². The van der Waals surface area contributed by atoms with Crippen LogP contribution in [0.4, 0.5) is 26.3 Å². The van der Waals surface area contributed by atoms with E-state index in [1.165, 1.54) is 24.3 Å². The first-order valence-corrected chi connectivity index (χ1v) is 10.1. The Morgan fingerprint density at radius 3 is 1.41 bits per heavy atom. The fraction of sp³-hybridized carbons (Fsp3) is 0.167. The zero-order chi connectivity index (χ0) is 24.4. The molecule has 4 aromatic rings. The summed E-state index contributed by atoms with van der Waals surface area (Å²) < 4.78 is 89.1. The highest BCUT2D eigenvalue weighted by atomic mass is 19.3. The second-order valence-corrected chi connectivity index (χ2v) is 8.35. The topological polar surface area (TPSA) is 51.6 Å². The van der Waals surface area contributed by atoms with Crippen LogP contribution in [0, 0.1) is 23.8 Å². The molecule has 4 aromatic heterocycles. The van der Waals surface area contributed by atoms with Crippen LogP contribution in [0.1, 0.15) is 36.4 Å². The summed E-state index contributed by atoms with van der Waals surface area (Å²) in [6.45, 7) is 3.53. The Bertz CT molecular complexity index is 1360. The molecule has 0 N–H and O–H groups in total. The molecule has 4 nitrogen and oxygen atoms in total. The number of alkyl halides is 2. The fourth-order valence-corrected chi connectivity index (χ4v) is 3.88. The van der Waals surface area contributed by atoms with Crippen molar-refractivity contribution < 1.29 is 26.3 Å². The van der Waals surface area contributed by atoms with Gasteiger partial charge >= 0.3 is 5.92 Å². The molecular weight excluding hydrogens is 458 g/mol. The van der Waals surface area contributed by atoms with Gasteiger partial charge in [0.1, 0.15) is 0 Å². The van der Waals surface area contributed by atoms with Crippen molar-refractivity contribution in [2.45, 2.75) is 25.2 Å². The van der Waals surface area contributed by atoms with Crippen molar-refractivity contribution in [2.24, 2.45) is 0 Å². The third-order valence-electron chi connectivity index (χ3n) is 5.87. The number of rotatable bonds is 0. The minimum absolute atomic E-state index is 0.0840. The van der Waals surface area contributed by atoms with E-state index < -0.39 is 57.4 Å². The summed E-state index contributed by atoms with van der Waals surface area (Å²) in [5.41, 5.74) is -4.13. The van der Waals surface area contributed by atoms with Crippen LogP contribution in [0.2, 0.25) is 0 Å². The molecule has 0 radical (unpaired) electrons. The highest BCUT2D eigenvalue weighted by Gasteiger charge is 2.43. The molecule has 0 saturated carbocycles. The van der Waals surface area contributed by atoms with Crippen molar-refractivity contribution >= 4 is 0 Å². The van der Waals surface area contributed by atoms with Crippen LogP contribution in [0.25, 0.3) is 22.5 Å². The maximum Gasteiger partial charge on any atom is 0.307 e. The Hall–Kier alpha value is -3.82. The summed E-state index contributed by atoms with van der Waals surface area (Å²) in [5, 5.41) is 0. The molecule has 1 aliphatic heterocycles. The first kappa shape index (κ1) is 22.0. The van der Waals surface area contributed by atoms with E-state index in [1.54, 1.807) is 26.0 Å². The van der Waals surface area contributed by atoms with Crippen LogP contribution in [0.3, 0.4) is 0 Å². The molecule has 0 aromatic carbocycles. The average Bonchev–Trinajstić information content (AvgIpc) is 2.78. The fourth-order valence-electron chi connectivity index (χ4n) is 3.88. The largest absolute Gasteiger partial charge is 0.307 e. The third-order valence-corrected chi connectivity index (χ3v) is 5.87. The lowest BCUT2D eigenvalue weighted by molar-refractivity contribution is 0.0330. The van der Waals surface area contributed by atoms with Gasteiger partial charge in [0, 0.05) is 5.41 Å². The molecule has 5 rings (SSSR count). The van der Waals surface area contributed by atoms with Gasteiger partial charge in [0.05, 0.1) is 45.0 Å². The highest BCUT2D eigenvalue weighted by molar-refractivity contribution is 5.64. The Morgan fingerprint density at radius 2 is 1.00 bits per heavy atom. The predicted molar refractivity (Wildman–Crippen MR) is 110 cm³/mol. The van der Waals surface area contributed by atoms with Gasteiger partial charge in [-0.25, -0.2) is 0 Å². The van der Waals surface area contributed by atoms with Crippen LogP contribution >= 0.6 is 0 Å². The minimum atomic E-state index is -4.38. The molecule has 0 unspecified atom stereocenters. The second kappa shape index (κ2) is 7.34. The quantitative estimate of drug-likeness (QED) is 0.235. The standard InChI is InChI=1S/C24H14F6N4/c1-23(2)17-7-3-5-15(31-17)11-9-13(21(27)33-19(11)25)24(29,30)14-10-12(20(26)34-22(14)28)16-6-4-8-18(23)32-16/h3-10H,1-2H3. The summed E-state index contributed by atoms with van der Waals surface area (Å²) >= 11 is 0. The number of halogens is 6. The van der Waals surface area contributed by atoms with E-state index in [2.05, 4.69) is 19.9 Å². The van der Waals surface area contributed by atoms with Gasteiger partial charge < -0.3 is 0 Å². The van der Waals surface area contributed by atoms with E-state index in [1.807, 2.05) is 0 Å². The van der Waals surface area contributed by atoms with Crippen LogP contribution in [-0.4, -0.2) is 19.9 Å². The summed E-state index contributed by atoms with van der Waals surface area (Å²) in [5.74, 6) is -10.8. The number of aromatic nitrogens is 4. The van der Waals surface area contributed by atoms with Crippen molar-refractivity contribution in [1.29, 1.82) is 0 Å². The highest BCUT2D eigenvalue weighted by Crippen LogP contribution is 2.42. The maximum atomic E-state index is 15.4. The lowest BCUT2D eigenvalue weighted by Crippen LogP contribution is -2.24. The molecule has 34 heavy (non-hydrogen) atoms. The summed E-state index contributed by atoms with van der Waals surface area (Å²) in [4.78, 5) is 14.7. The predicted octanol–water partition coefficient (Wildman–Crippen LogP) is 5.94. The van der Waals surface area contributed by atoms with Gasteiger partial charge in [-0.05, 0) is 50.2 Å². The smallest absolute Gasteiger partial charge is 0.252 e. The average molecular weight is 472 g/mol. The maximum absolute atomic E-state index is 15.4. The first-order valence-electron chi connectivity index (χ1n) is 10.1. The van der Waals surface area contributed by atoms with Crippen LogP contribution < -0.4 is 0 Å². The number of pyridine rings is 4. The van der Waals surface area contributed by atoms with E-state index in [-0.39, 0.29) is 11.4 Å². The zero-order valence-corrected chi connectivity index (χ0v) is 17.7. The first-order chi connectivity index (χ1) is 16.0. The normalized spacial score (nSPS) is 15.5. The van der Waals surface area contributed by atoms with Crippen LogP contribution in [0.5, 0.6) is 0 Å². The van der Waals surface area contributed by atoms with Gasteiger partial charge in [-0.3, -0.25) is 9.97 Å². The Balaban J connectivity index is 1.93. The molecule has 0 saturated heterocycles. The van der Waals surface area contributed by atoms with E-state index in [0.29, 0.717) is 23.5 Å². The lowest BCUT2D eigenvalue weighted by atomic mass is 9.84. The van der Waals surface area contributed by atoms with Gasteiger partial charge in [0.15, 0.2) is 0 Å². The van der Waals surface area contributed by atoms with Crippen molar-refractivity contribution in [1.82, 2.24) is 19.9 Å². The zero-order valence-electron chi connectivity index (χ0n) is 17.7. The van der Waals surface area contributed by atoms with Gasteiger partial charge in [0.25, 0.3) is 0 Å². The molecule has 0 aliphatic carbocycles. The number of hydrogen-bond acceptors (Lipinski definition) is 4. The summed E-state index contributed by atoms with van der Waals surface area (Å²) in [6.07, 6.45) is 0. The molecule has 172 valence electrons. The SMILES string of the molecule is CC1(C)c2cccc(n2)-c2cc(c(F)nc2F)C(F)(F)c2cc(c(F)nc2F)-c2cccc1n2. The monoisotopic (exact) mass is 472 g/mol. The molecule has 0 amide bonds. The van der Waals surface area contributed by atoms with E-state index in [9.17, 15) is 17.6 Å². The summed E-state index contributed by atoms with van der Waals surface area (Å²) in [6, 6.07) is 10.1. The number of nitrogens with zero attached hydrogens (tertiary/aromatic N) is 4. The van der Waals surface area contributed by atoms with Crippen molar-refractivity contribution in [3.63, 3.8) is 0 Å². The Morgan fingerprint density at radius 1 is 0.588 bits per heavy atom. The van der Waals surface area contributed by atoms with Crippen molar-refractivity contribution in [2.75, 3.05) is 0 Å². The third kappa shape index (κ3) is 3.24. The molecule has 0 atom stereocenters. The van der Waals surface area contributed by atoms with Gasteiger partial charge in [-0.15, -0.1) is 0 Å². The molecular formula is C24H14F6N4. The van der Waals surface area contributed by atoms with E-state index in [4.69, 9.17) is 0 Å². The van der Waals surface area contributed by atoms with Gasteiger partial charge in [0.2, 0.25) is 23.8 Å². The Kier molecular flexibility index (Phi) is 4.75. The molecule has 8 bridgehead atoms. The number of fused-ring (bicyclic) bond motifs is 10. The molecule has 1 aliphatic rings. The lowest BCUT2D eigenvalue weighted by Gasteiger charge is -2.25. The molecule has 5 heterocycles. The van der Waals surface area contributed by atoms with Crippen LogP contribution in [-0.2, 0) is 11.3 Å².